The summed E-state index contributed by atoms with van der Waals surface area (Å²) in [6, 6.07) is 16.2. The number of amides is 1. The molecule has 4 aromatic rings. The predicted molar refractivity (Wildman–Crippen MR) is 123 cm³/mol. The van der Waals surface area contributed by atoms with Gasteiger partial charge in [0.2, 0.25) is 5.91 Å². The van der Waals surface area contributed by atoms with Gasteiger partial charge < -0.3 is 5.32 Å². The fourth-order valence-electron chi connectivity index (χ4n) is 3.33. The summed E-state index contributed by atoms with van der Waals surface area (Å²) in [6.45, 7) is 3.16. The van der Waals surface area contributed by atoms with Crippen molar-refractivity contribution in [1.29, 1.82) is 0 Å². The van der Waals surface area contributed by atoms with Crippen molar-refractivity contribution in [2.24, 2.45) is 0 Å². The Bertz CT molecular complexity index is 1190. The summed E-state index contributed by atoms with van der Waals surface area (Å²) in [5.41, 5.74) is 3.18. The van der Waals surface area contributed by atoms with E-state index in [0.717, 1.165) is 40.3 Å². The number of nitrogens with one attached hydrogen (secondary N) is 2. The molecule has 0 spiro atoms. The van der Waals surface area contributed by atoms with Gasteiger partial charge in [-0.3, -0.25) is 14.5 Å². The van der Waals surface area contributed by atoms with Gasteiger partial charge >= 0.3 is 0 Å². The van der Waals surface area contributed by atoms with Crippen LogP contribution in [-0.2, 0) is 17.8 Å². The van der Waals surface area contributed by atoms with Crippen LogP contribution in [0.1, 0.15) is 23.4 Å². The van der Waals surface area contributed by atoms with E-state index in [4.69, 9.17) is 12.2 Å². The standard InChI is InChI=1S/C22H23N5OS2/c1-15-6-4-7-16(14-15)21-25-26-22(29)27(21)13-11-19(28)23-12-5-10-20-24-17-8-2-3-9-18(17)30-20/h2-4,6-9,14H,5,10-13H2,1H3,(H,23,28)(H,26,29). The summed E-state index contributed by atoms with van der Waals surface area (Å²) in [5, 5.41) is 11.3. The summed E-state index contributed by atoms with van der Waals surface area (Å²) in [5.74, 6) is 0.768. The molecule has 0 aliphatic carbocycles. The molecule has 30 heavy (non-hydrogen) atoms. The first-order valence-corrected chi connectivity index (χ1v) is 11.2. The molecule has 0 fully saturated rings. The quantitative estimate of drug-likeness (QED) is 0.310. The van der Waals surface area contributed by atoms with Crippen molar-refractivity contribution in [2.75, 3.05) is 6.54 Å². The molecule has 0 aliphatic rings. The molecule has 0 radical (unpaired) electrons. The van der Waals surface area contributed by atoms with Crippen LogP contribution in [0.5, 0.6) is 0 Å². The van der Waals surface area contributed by atoms with Crippen LogP contribution in [0.2, 0.25) is 0 Å². The van der Waals surface area contributed by atoms with Gasteiger partial charge in [-0.05, 0) is 43.8 Å². The second-order valence-electron chi connectivity index (χ2n) is 7.15. The van der Waals surface area contributed by atoms with E-state index in [9.17, 15) is 4.79 Å². The number of hydrogen-bond donors (Lipinski definition) is 2. The molecule has 8 heteroatoms. The van der Waals surface area contributed by atoms with Crippen molar-refractivity contribution in [3.05, 3.63) is 63.9 Å². The predicted octanol–water partition coefficient (Wildman–Crippen LogP) is 4.66. The summed E-state index contributed by atoms with van der Waals surface area (Å²) in [7, 11) is 0. The lowest BCUT2D eigenvalue weighted by molar-refractivity contribution is -0.121. The number of fused-ring (bicyclic) bond motifs is 1. The lowest BCUT2D eigenvalue weighted by atomic mass is 10.1. The van der Waals surface area contributed by atoms with Crippen LogP contribution in [0, 0.1) is 11.7 Å². The average molecular weight is 438 g/mol. The van der Waals surface area contributed by atoms with E-state index in [1.165, 1.54) is 4.70 Å². The van der Waals surface area contributed by atoms with Gasteiger partial charge in [-0.15, -0.1) is 11.3 Å². The van der Waals surface area contributed by atoms with Crippen molar-refractivity contribution in [3.8, 4) is 11.4 Å². The first-order chi connectivity index (χ1) is 14.6. The monoisotopic (exact) mass is 437 g/mol. The van der Waals surface area contributed by atoms with Crippen LogP contribution in [0.15, 0.2) is 48.5 Å². The Morgan fingerprint density at radius 1 is 1.23 bits per heavy atom. The van der Waals surface area contributed by atoms with Crippen molar-refractivity contribution < 1.29 is 4.79 Å². The molecule has 154 valence electrons. The highest BCUT2D eigenvalue weighted by molar-refractivity contribution is 7.71. The highest BCUT2D eigenvalue weighted by Crippen LogP contribution is 2.22. The van der Waals surface area contributed by atoms with E-state index in [0.29, 0.717) is 24.3 Å². The molecule has 0 bridgehead atoms. The molecule has 2 N–H and O–H groups in total. The number of hydrogen-bond acceptors (Lipinski definition) is 5. The molecule has 4 rings (SSSR count). The van der Waals surface area contributed by atoms with Crippen LogP contribution >= 0.6 is 23.6 Å². The number of nitrogens with zero attached hydrogens (tertiary/aromatic N) is 3. The first-order valence-electron chi connectivity index (χ1n) is 9.93. The van der Waals surface area contributed by atoms with Gasteiger partial charge in [0.1, 0.15) is 0 Å². The maximum atomic E-state index is 12.3. The van der Waals surface area contributed by atoms with E-state index < -0.39 is 0 Å². The third-order valence-electron chi connectivity index (χ3n) is 4.82. The van der Waals surface area contributed by atoms with Crippen molar-refractivity contribution >= 4 is 39.7 Å². The fraction of sp³-hybridized carbons (Fsp3) is 0.273. The molecule has 0 saturated carbocycles. The maximum Gasteiger partial charge on any atom is 0.221 e. The number of aromatic amines is 1. The maximum absolute atomic E-state index is 12.3. The van der Waals surface area contributed by atoms with Gasteiger partial charge in [0.15, 0.2) is 10.6 Å². The Labute approximate surface area is 184 Å². The zero-order valence-electron chi connectivity index (χ0n) is 16.7. The van der Waals surface area contributed by atoms with Gasteiger partial charge in [0.05, 0.1) is 15.2 Å². The lowest BCUT2D eigenvalue weighted by Crippen LogP contribution is -2.25. The first kappa shape index (κ1) is 20.4. The van der Waals surface area contributed by atoms with Crippen LogP contribution in [0.25, 0.3) is 21.6 Å². The van der Waals surface area contributed by atoms with Crippen molar-refractivity contribution in [1.82, 2.24) is 25.1 Å². The van der Waals surface area contributed by atoms with Gasteiger partial charge in [0.25, 0.3) is 0 Å². The number of H-pyrrole nitrogens is 1. The van der Waals surface area contributed by atoms with Crippen LogP contribution in [0.3, 0.4) is 0 Å². The van der Waals surface area contributed by atoms with Crippen LogP contribution in [-0.4, -0.2) is 32.2 Å². The van der Waals surface area contributed by atoms with Crippen molar-refractivity contribution in [3.63, 3.8) is 0 Å². The number of rotatable bonds is 8. The summed E-state index contributed by atoms with van der Waals surface area (Å²) >= 11 is 7.07. The van der Waals surface area contributed by atoms with Gasteiger partial charge in [-0.25, -0.2) is 4.98 Å². The molecule has 2 aromatic carbocycles. The molecule has 0 saturated heterocycles. The molecule has 2 heterocycles. The van der Waals surface area contributed by atoms with Gasteiger partial charge in [0, 0.05) is 31.5 Å². The molecule has 2 aromatic heterocycles. The fourth-order valence-corrected chi connectivity index (χ4v) is 4.56. The topological polar surface area (TPSA) is 75.6 Å². The number of benzene rings is 2. The number of carbonyl (C=O) groups excluding carboxylic acids is 1. The van der Waals surface area contributed by atoms with Gasteiger partial charge in [-0.1, -0.05) is 35.9 Å². The summed E-state index contributed by atoms with van der Waals surface area (Å²) in [6.07, 6.45) is 2.09. The molecular formula is C22H23N5OS2. The minimum atomic E-state index is 0.0117. The second kappa shape index (κ2) is 9.32. The molecule has 0 aliphatic heterocycles. The third kappa shape index (κ3) is 4.83. The number of thiazole rings is 1. The number of para-hydroxylation sites is 1. The minimum absolute atomic E-state index is 0.0117. The Morgan fingerprint density at radius 2 is 2.10 bits per heavy atom. The number of aryl methyl sites for hydroxylation is 2. The second-order valence-corrected chi connectivity index (χ2v) is 8.65. The molecule has 1 amide bonds. The van der Waals surface area contributed by atoms with E-state index >= 15 is 0 Å². The third-order valence-corrected chi connectivity index (χ3v) is 6.23. The minimum Gasteiger partial charge on any atom is -0.356 e. The van der Waals surface area contributed by atoms with Gasteiger partial charge in [-0.2, -0.15) is 5.10 Å². The van der Waals surface area contributed by atoms with E-state index in [-0.39, 0.29) is 5.91 Å². The van der Waals surface area contributed by atoms with Crippen molar-refractivity contribution in [2.45, 2.75) is 32.7 Å². The molecule has 0 unspecified atom stereocenters. The summed E-state index contributed by atoms with van der Waals surface area (Å²) in [4.78, 5) is 16.9. The van der Waals surface area contributed by atoms with E-state index in [1.807, 2.05) is 47.9 Å². The Kier molecular flexibility index (Phi) is 6.35. The smallest absolute Gasteiger partial charge is 0.221 e. The highest BCUT2D eigenvalue weighted by atomic mass is 32.1. The number of aromatic nitrogens is 4. The zero-order valence-corrected chi connectivity index (χ0v) is 18.4. The SMILES string of the molecule is Cc1cccc(-c2n[nH]c(=S)n2CCC(=O)NCCCc2nc3ccccc3s2)c1. The van der Waals surface area contributed by atoms with E-state index in [1.54, 1.807) is 11.3 Å². The largest absolute Gasteiger partial charge is 0.356 e. The molecular weight excluding hydrogens is 414 g/mol. The number of carbonyl (C=O) groups is 1. The zero-order chi connectivity index (χ0) is 20.9. The van der Waals surface area contributed by atoms with E-state index in [2.05, 4.69) is 32.6 Å². The Balaban J connectivity index is 1.27. The summed E-state index contributed by atoms with van der Waals surface area (Å²) < 4.78 is 3.61. The highest BCUT2D eigenvalue weighted by Gasteiger charge is 2.11. The lowest BCUT2D eigenvalue weighted by Gasteiger charge is -2.08. The van der Waals surface area contributed by atoms with Crippen LogP contribution in [0.4, 0.5) is 0 Å². The Hall–Kier alpha value is -2.84. The van der Waals surface area contributed by atoms with Crippen LogP contribution < -0.4 is 5.32 Å². The average Bonchev–Trinajstić information content (AvgIpc) is 3.32. The Morgan fingerprint density at radius 3 is 2.93 bits per heavy atom. The molecule has 0 atom stereocenters. The molecule has 6 nitrogen and oxygen atoms in total. The normalized spacial score (nSPS) is 11.1.